The molecular formula is C12H22N4O4S. The number of hydrogen-bond acceptors (Lipinski definition) is 5. The number of carbonyl (C=O) groups is 1. The number of hydrogen-bond donors (Lipinski definition) is 3. The van der Waals surface area contributed by atoms with Crippen LogP contribution in [0.2, 0.25) is 0 Å². The van der Waals surface area contributed by atoms with Crippen molar-refractivity contribution in [1.82, 2.24) is 15.5 Å². The topological polar surface area (TPSA) is 127 Å². The summed E-state index contributed by atoms with van der Waals surface area (Å²) in [5.41, 5.74) is 0.161. The highest BCUT2D eigenvalue weighted by Gasteiger charge is 2.26. The number of H-pyrrole nitrogens is 1. The first-order chi connectivity index (χ1) is 9.91. The molecule has 1 heterocycles. The highest BCUT2D eigenvalue weighted by Crippen LogP contribution is 2.17. The van der Waals surface area contributed by atoms with Gasteiger partial charge in [-0.15, -0.1) is 0 Å². The second kappa shape index (κ2) is 8.11. The Kier molecular flexibility index (Phi) is 6.79. The Labute approximate surface area is 124 Å². The van der Waals surface area contributed by atoms with Gasteiger partial charge in [0.1, 0.15) is 4.90 Å². The number of methoxy groups -OCH3 is 1. The van der Waals surface area contributed by atoms with Gasteiger partial charge in [-0.1, -0.05) is 6.92 Å². The summed E-state index contributed by atoms with van der Waals surface area (Å²) >= 11 is 0. The number of sulfonamides is 1. The number of primary sulfonamides is 1. The smallest absolute Gasteiger partial charge is 0.273 e. The average Bonchev–Trinajstić information content (AvgIpc) is 2.86. The lowest BCUT2D eigenvalue weighted by Gasteiger charge is -2.05. The Morgan fingerprint density at radius 3 is 2.67 bits per heavy atom. The summed E-state index contributed by atoms with van der Waals surface area (Å²) in [6.45, 7) is 2.88. The highest BCUT2D eigenvalue weighted by atomic mass is 32.2. The van der Waals surface area contributed by atoms with E-state index in [1.807, 2.05) is 0 Å². The van der Waals surface area contributed by atoms with E-state index in [-0.39, 0.29) is 10.6 Å². The number of nitrogens with two attached hydrogens (primary N) is 1. The summed E-state index contributed by atoms with van der Waals surface area (Å²) in [4.78, 5) is 11.8. The van der Waals surface area contributed by atoms with Gasteiger partial charge >= 0.3 is 0 Å². The summed E-state index contributed by atoms with van der Waals surface area (Å²) in [6.07, 6.45) is 3.00. The van der Waals surface area contributed by atoms with Crippen LogP contribution in [0.25, 0.3) is 0 Å². The van der Waals surface area contributed by atoms with E-state index in [4.69, 9.17) is 9.88 Å². The van der Waals surface area contributed by atoms with Crippen LogP contribution in [0.5, 0.6) is 0 Å². The summed E-state index contributed by atoms with van der Waals surface area (Å²) < 4.78 is 28.1. The van der Waals surface area contributed by atoms with Crippen LogP contribution in [-0.2, 0) is 21.2 Å². The Morgan fingerprint density at radius 2 is 2.10 bits per heavy atom. The number of ether oxygens (including phenoxy) is 1. The van der Waals surface area contributed by atoms with E-state index in [1.165, 1.54) is 0 Å². The van der Waals surface area contributed by atoms with Crippen LogP contribution in [0, 0.1) is 0 Å². The van der Waals surface area contributed by atoms with E-state index in [0.29, 0.717) is 25.3 Å². The molecule has 0 saturated heterocycles. The predicted octanol–water partition coefficient (Wildman–Crippen LogP) is 0.166. The van der Waals surface area contributed by atoms with Crippen LogP contribution in [0.3, 0.4) is 0 Å². The van der Waals surface area contributed by atoms with Crippen LogP contribution in [-0.4, -0.2) is 44.8 Å². The van der Waals surface area contributed by atoms with Crippen molar-refractivity contribution >= 4 is 15.9 Å². The average molecular weight is 318 g/mol. The second-order valence-electron chi connectivity index (χ2n) is 4.59. The van der Waals surface area contributed by atoms with Crippen LogP contribution in [0.1, 0.15) is 42.4 Å². The number of unbranched alkanes of at least 4 members (excludes halogenated alkanes) is 2. The van der Waals surface area contributed by atoms with Crippen LogP contribution >= 0.6 is 0 Å². The maximum Gasteiger partial charge on any atom is 0.273 e. The van der Waals surface area contributed by atoms with Crippen molar-refractivity contribution in [3.05, 3.63) is 11.4 Å². The van der Waals surface area contributed by atoms with E-state index in [0.717, 1.165) is 19.3 Å². The molecule has 0 radical (unpaired) electrons. The van der Waals surface area contributed by atoms with Crippen molar-refractivity contribution in [2.24, 2.45) is 5.14 Å². The molecule has 120 valence electrons. The first-order valence-corrected chi connectivity index (χ1v) is 8.33. The van der Waals surface area contributed by atoms with Crippen LogP contribution in [0.15, 0.2) is 4.90 Å². The normalized spacial score (nSPS) is 11.6. The van der Waals surface area contributed by atoms with Crippen molar-refractivity contribution in [3.8, 4) is 0 Å². The molecule has 0 atom stereocenters. The monoisotopic (exact) mass is 318 g/mol. The number of rotatable bonds is 9. The first-order valence-electron chi connectivity index (χ1n) is 6.79. The van der Waals surface area contributed by atoms with Crippen molar-refractivity contribution in [2.75, 3.05) is 20.3 Å². The summed E-state index contributed by atoms with van der Waals surface area (Å²) in [6, 6.07) is 0. The molecule has 1 aromatic rings. The van der Waals surface area contributed by atoms with Gasteiger partial charge in [0.05, 0.1) is 5.69 Å². The minimum absolute atomic E-state index is 0.175. The molecule has 1 amide bonds. The molecule has 0 aliphatic heterocycles. The lowest BCUT2D eigenvalue weighted by molar-refractivity contribution is 0.0944. The van der Waals surface area contributed by atoms with E-state index >= 15 is 0 Å². The van der Waals surface area contributed by atoms with Crippen LogP contribution in [0.4, 0.5) is 0 Å². The number of aromatic amines is 1. The molecule has 0 saturated carbocycles. The molecule has 1 aromatic heterocycles. The number of aryl methyl sites for hydroxylation is 1. The largest absolute Gasteiger partial charge is 0.385 e. The quantitative estimate of drug-likeness (QED) is 0.559. The number of aromatic nitrogens is 2. The molecule has 0 aliphatic carbocycles. The Balaban J connectivity index is 2.65. The number of nitrogens with one attached hydrogen (secondary N) is 2. The van der Waals surface area contributed by atoms with Crippen molar-refractivity contribution in [2.45, 2.75) is 37.5 Å². The van der Waals surface area contributed by atoms with E-state index < -0.39 is 15.9 Å². The van der Waals surface area contributed by atoms with Gasteiger partial charge in [-0.3, -0.25) is 9.89 Å². The zero-order valence-corrected chi connectivity index (χ0v) is 13.1. The fourth-order valence-electron chi connectivity index (χ4n) is 1.90. The number of carbonyl (C=O) groups excluding carboxylic acids is 1. The lowest BCUT2D eigenvalue weighted by atomic mass is 10.2. The fourth-order valence-corrected chi connectivity index (χ4v) is 2.84. The molecule has 0 bridgehead atoms. The zero-order valence-electron chi connectivity index (χ0n) is 12.3. The maximum atomic E-state index is 12.0. The Bertz CT molecular complexity index is 568. The minimum atomic E-state index is -3.99. The molecule has 21 heavy (non-hydrogen) atoms. The van der Waals surface area contributed by atoms with Gasteiger partial charge in [0.15, 0.2) is 5.69 Å². The van der Waals surface area contributed by atoms with Crippen LogP contribution < -0.4 is 10.5 Å². The van der Waals surface area contributed by atoms with Gasteiger partial charge in [0.2, 0.25) is 10.0 Å². The molecule has 4 N–H and O–H groups in total. The third-order valence-corrected chi connectivity index (χ3v) is 3.96. The third kappa shape index (κ3) is 5.10. The van der Waals surface area contributed by atoms with Crippen molar-refractivity contribution in [3.63, 3.8) is 0 Å². The van der Waals surface area contributed by atoms with Crippen molar-refractivity contribution in [1.29, 1.82) is 0 Å². The van der Waals surface area contributed by atoms with E-state index in [1.54, 1.807) is 14.0 Å². The van der Waals surface area contributed by atoms with Gasteiger partial charge in [-0.05, 0) is 25.7 Å². The highest BCUT2D eigenvalue weighted by molar-refractivity contribution is 7.89. The minimum Gasteiger partial charge on any atom is -0.385 e. The summed E-state index contributed by atoms with van der Waals surface area (Å²) in [5, 5.41) is 14.1. The predicted molar refractivity (Wildman–Crippen MR) is 77.4 cm³/mol. The molecule has 0 aliphatic rings. The van der Waals surface area contributed by atoms with Gasteiger partial charge < -0.3 is 10.1 Å². The lowest BCUT2D eigenvalue weighted by Crippen LogP contribution is -2.27. The summed E-state index contributed by atoms with van der Waals surface area (Å²) in [7, 11) is -2.35. The first kappa shape index (κ1) is 17.6. The SMILES string of the molecule is CCc1[nH]nc(C(=O)NCCCCCOC)c1S(N)(=O)=O. The molecule has 8 nitrogen and oxygen atoms in total. The van der Waals surface area contributed by atoms with Gasteiger partial charge in [-0.2, -0.15) is 5.10 Å². The van der Waals surface area contributed by atoms with E-state index in [9.17, 15) is 13.2 Å². The Morgan fingerprint density at radius 1 is 1.38 bits per heavy atom. The Hall–Kier alpha value is -1.45. The fraction of sp³-hybridized carbons (Fsp3) is 0.667. The molecule has 1 rings (SSSR count). The van der Waals surface area contributed by atoms with Crippen molar-refractivity contribution < 1.29 is 17.9 Å². The van der Waals surface area contributed by atoms with Gasteiger partial charge in [0, 0.05) is 20.3 Å². The number of amides is 1. The molecule has 0 aromatic carbocycles. The molecule has 0 spiro atoms. The van der Waals surface area contributed by atoms with E-state index in [2.05, 4.69) is 15.5 Å². The molecular weight excluding hydrogens is 296 g/mol. The van der Waals surface area contributed by atoms with Gasteiger partial charge in [0.25, 0.3) is 5.91 Å². The third-order valence-electron chi connectivity index (χ3n) is 2.96. The zero-order chi connectivity index (χ0) is 15.9. The summed E-state index contributed by atoms with van der Waals surface area (Å²) in [5.74, 6) is -0.540. The number of nitrogens with zero attached hydrogens (tertiary/aromatic N) is 1. The van der Waals surface area contributed by atoms with Gasteiger partial charge in [-0.25, -0.2) is 13.6 Å². The standard InChI is InChI=1S/C12H22N4O4S/c1-3-9-11(21(13,18)19)10(16-15-9)12(17)14-7-5-4-6-8-20-2/h3-8H2,1-2H3,(H,14,17)(H,15,16)(H2,13,18,19). The molecule has 0 unspecified atom stereocenters. The molecule has 0 fully saturated rings. The second-order valence-corrected chi connectivity index (χ2v) is 6.09. The maximum absolute atomic E-state index is 12.0. The molecule has 9 heteroatoms.